The molecule has 3 atom stereocenters. The highest BCUT2D eigenvalue weighted by molar-refractivity contribution is 5.81. The summed E-state index contributed by atoms with van der Waals surface area (Å²) in [5.41, 5.74) is 0. The lowest BCUT2D eigenvalue weighted by Crippen LogP contribution is -2.38. The fourth-order valence-corrected chi connectivity index (χ4v) is 2.25. The van der Waals surface area contributed by atoms with E-state index in [1.165, 1.54) is 7.11 Å². The van der Waals surface area contributed by atoms with Gasteiger partial charge in [-0.1, -0.05) is 13.3 Å². The van der Waals surface area contributed by atoms with Crippen molar-refractivity contribution in [2.24, 2.45) is 17.8 Å². The van der Waals surface area contributed by atoms with E-state index in [1.54, 1.807) is 0 Å². The molecule has 1 saturated carbocycles. The number of hydrogen-bond donors (Lipinski definition) is 1. The predicted octanol–water partition coefficient (Wildman–Crippen LogP) is 1.30. The molecule has 3 unspecified atom stereocenters. The molecule has 1 aliphatic rings. The molecule has 80 valence electrons. The zero-order valence-electron chi connectivity index (χ0n) is 8.53. The van der Waals surface area contributed by atoms with E-state index < -0.39 is 17.8 Å². The van der Waals surface area contributed by atoms with E-state index >= 15 is 0 Å². The van der Waals surface area contributed by atoms with Gasteiger partial charge in [0.05, 0.1) is 18.9 Å². The molecular weight excluding hydrogens is 184 g/mol. The molecule has 0 aromatic rings. The molecule has 0 aromatic carbocycles. The molecule has 0 heterocycles. The minimum absolute atomic E-state index is 0.0605. The van der Waals surface area contributed by atoms with Crippen molar-refractivity contribution in [2.75, 3.05) is 7.11 Å². The van der Waals surface area contributed by atoms with E-state index in [-0.39, 0.29) is 11.9 Å². The normalized spacial score (nSPS) is 32.3. The van der Waals surface area contributed by atoms with Crippen molar-refractivity contribution in [3.8, 4) is 0 Å². The Kier molecular flexibility index (Phi) is 3.49. The Morgan fingerprint density at radius 2 is 2.00 bits per heavy atom. The van der Waals surface area contributed by atoms with E-state index in [1.807, 2.05) is 6.92 Å². The molecule has 0 aliphatic heterocycles. The van der Waals surface area contributed by atoms with Crippen molar-refractivity contribution in [1.29, 1.82) is 0 Å². The number of methoxy groups -OCH3 is 1. The molecule has 4 heteroatoms. The second-order valence-corrected chi connectivity index (χ2v) is 3.90. The molecule has 0 saturated heterocycles. The van der Waals surface area contributed by atoms with Crippen LogP contribution < -0.4 is 0 Å². The Hall–Kier alpha value is -1.06. The number of carbonyl (C=O) groups excluding carboxylic acids is 1. The minimum Gasteiger partial charge on any atom is -0.481 e. The summed E-state index contributed by atoms with van der Waals surface area (Å²) in [6, 6.07) is 0. The van der Waals surface area contributed by atoms with E-state index in [2.05, 4.69) is 4.74 Å². The van der Waals surface area contributed by atoms with Crippen LogP contribution in [0, 0.1) is 17.8 Å². The predicted molar refractivity (Wildman–Crippen MR) is 49.6 cm³/mol. The van der Waals surface area contributed by atoms with Crippen molar-refractivity contribution in [3.05, 3.63) is 0 Å². The number of esters is 1. The largest absolute Gasteiger partial charge is 0.481 e. The Balaban J connectivity index is 2.79. The quantitative estimate of drug-likeness (QED) is 0.682. The average Bonchev–Trinajstić information content (AvgIpc) is 2.15. The maximum Gasteiger partial charge on any atom is 0.309 e. The number of carboxylic acids is 1. The summed E-state index contributed by atoms with van der Waals surface area (Å²) in [4.78, 5) is 22.3. The van der Waals surface area contributed by atoms with Gasteiger partial charge in [0.25, 0.3) is 0 Å². The van der Waals surface area contributed by atoms with Crippen LogP contribution >= 0.6 is 0 Å². The Bertz CT molecular complexity index is 236. The molecular formula is C10H16O4. The van der Waals surface area contributed by atoms with Crippen LogP contribution in [0.5, 0.6) is 0 Å². The lowest BCUT2D eigenvalue weighted by Gasteiger charge is -2.31. The van der Waals surface area contributed by atoms with Gasteiger partial charge in [0.15, 0.2) is 0 Å². The van der Waals surface area contributed by atoms with Crippen LogP contribution in [0.15, 0.2) is 0 Å². The van der Waals surface area contributed by atoms with Crippen LogP contribution in [0.25, 0.3) is 0 Å². The van der Waals surface area contributed by atoms with Crippen LogP contribution in [-0.4, -0.2) is 24.2 Å². The number of rotatable bonds is 2. The Morgan fingerprint density at radius 1 is 1.36 bits per heavy atom. The zero-order valence-corrected chi connectivity index (χ0v) is 8.53. The summed E-state index contributed by atoms with van der Waals surface area (Å²) >= 11 is 0. The molecule has 0 amide bonds. The molecule has 0 bridgehead atoms. The van der Waals surface area contributed by atoms with Crippen LogP contribution in [0.1, 0.15) is 26.2 Å². The number of ether oxygens (including phenoxy) is 1. The van der Waals surface area contributed by atoms with Gasteiger partial charge >= 0.3 is 11.9 Å². The molecule has 0 spiro atoms. The molecule has 1 fully saturated rings. The average molecular weight is 200 g/mol. The minimum atomic E-state index is -0.882. The molecule has 0 aromatic heterocycles. The second kappa shape index (κ2) is 4.44. The number of hydrogen-bond acceptors (Lipinski definition) is 3. The fourth-order valence-electron chi connectivity index (χ4n) is 2.25. The van der Waals surface area contributed by atoms with Crippen molar-refractivity contribution in [1.82, 2.24) is 0 Å². The van der Waals surface area contributed by atoms with Gasteiger partial charge in [-0.15, -0.1) is 0 Å². The number of aliphatic carboxylic acids is 1. The van der Waals surface area contributed by atoms with Crippen molar-refractivity contribution in [2.45, 2.75) is 26.2 Å². The van der Waals surface area contributed by atoms with Gasteiger partial charge in [-0.25, -0.2) is 0 Å². The van der Waals surface area contributed by atoms with Gasteiger partial charge in [0, 0.05) is 0 Å². The summed E-state index contributed by atoms with van der Waals surface area (Å²) in [5, 5.41) is 9.02. The van der Waals surface area contributed by atoms with Gasteiger partial charge in [0.1, 0.15) is 0 Å². The van der Waals surface area contributed by atoms with Gasteiger partial charge in [-0.05, 0) is 18.8 Å². The summed E-state index contributed by atoms with van der Waals surface area (Å²) in [7, 11) is 1.31. The third kappa shape index (κ3) is 2.05. The third-order valence-electron chi connectivity index (χ3n) is 3.01. The first-order valence-electron chi connectivity index (χ1n) is 4.88. The molecule has 0 radical (unpaired) electrons. The standard InChI is InChI=1S/C10H16O4/c1-6-4-3-5-7(10(13)14-2)8(6)9(11)12/h6-8H,3-5H2,1-2H3,(H,11,12). The molecule has 1 N–H and O–H groups in total. The van der Waals surface area contributed by atoms with Gasteiger partial charge in [-0.2, -0.15) is 0 Å². The van der Waals surface area contributed by atoms with Gasteiger partial charge < -0.3 is 9.84 Å². The monoisotopic (exact) mass is 200 g/mol. The lowest BCUT2D eigenvalue weighted by molar-refractivity contribution is -0.160. The first-order chi connectivity index (χ1) is 6.57. The highest BCUT2D eigenvalue weighted by Crippen LogP contribution is 2.35. The van der Waals surface area contributed by atoms with Gasteiger partial charge in [0.2, 0.25) is 0 Å². The lowest BCUT2D eigenvalue weighted by atomic mass is 9.73. The Labute approximate surface area is 83.2 Å². The van der Waals surface area contributed by atoms with Crippen LogP contribution in [0.2, 0.25) is 0 Å². The SMILES string of the molecule is COC(=O)C1CCCC(C)C1C(=O)O. The van der Waals surface area contributed by atoms with Crippen LogP contribution in [0.4, 0.5) is 0 Å². The highest BCUT2D eigenvalue weighted by atomic mass is 16.5. The summed E-state index contributed by atoms with van der Waals surface area (Å²) < 4.78 is 4.62. The summed E-state index contributed by atoms with van der Waals surface area (Å²) in [6.45, 7) is 1.88. The fraction of sp³-hybridized carbons (Fsp3) is 0.800. The number of carboxylic acid groups (broad SMARTS) is 1. The van der Waals surface area contributed by atoms with E-state index in [0.29, 0.717) is 6.42 Å². The number of carbonyl (C=O) groups is 2. The van der Waals surface area contributed by atoms with Crippen LogP contribution in [-0.2, 0) is 14.3 Å². The first-order valence-corrected chi connectivity index (χ1v) is 4.88. The van der Waals surface area contributed by atoms with Crippen LogP contribution in [0.3, 0.4) is 0 Å². The maximum absolute atomic E-state index is 11.3. The van der Waals surface area contributed by atoms with Crippen molar-refractivity contribution in [3.63, 3.8) is 0 Å². The van der Waals surface area contributed by atoms with E-state index in [9.17, 15) is 9.59 Å². The third-order valence-corrected chi connectivity index (χ3v) is 3.01. The summed E-state index contributed by atoms with van der Waals surface area (Å²) in [6.07, 6.45) is 2.42. The summed E-state index contributed by atoms with van der Waals surface area (Å²) in [5.74, 6) is -2.24. The zero-order chi connectivity index (χ0) is 10.7. The van der Waals surface area contributed by atoms with E-state index in [0.717, 1.165) is 12.8 Å². The second-order valence-electron chi connectivity index (χ2n) is 3.90. The topological polar surface area (TPSA) is 63.6 Å². The smallest absolute Gasteiger partial charge is 0.309 e. The molecule has 1 aliphatic carbocycles. The first kappa shape index (κ1) is 11.0. The molecule has 1 rings (SSSR count). The van der Waals surface area contributed by atoms with Crippen molar-refractivity contribution >= 4 is 11.9 Å². The highest BCUT2D eigenvalue weighted by Gasteiger charge is 2.40. The van der Waals surface area contributed by atoms with Gasteiger partial charge in [-0.3, -0.25) is 9.59 Å². The Morgan fingerprint density at radius 3 is 2.50 bits per heavy atom. The van der Waals surface area contributed by atoms with Crippen molar-refractivity contribution < 1.29 is 19.4 Å². The maximum atomic E-state index is 11.3. The molecule has 14 heavy (non-hydrogen) atoms. The molecule has 4 nitrogen and oxygen atoms in total. The van der Waals surface area contributed by atoms with E-state index in [4.69, 9.17) is 5.11 Å².